The Morgan fingerprint density at radius 2 is 1.94 bits per heavy atom. The second-order valence-corrected chi connectivity index (χ2v) is 7.87. The van der Waals surface area contributed by atoms with Gasteiger partial charge in [0.05, 0.1) is 28.2 Å². The van der Waals surface area contributed by atoms with Crippen molar-refractivity contribution < 1.29 is 13.9 Å². The number of aromatic amines is 1. The molecule has 0 aliphatic rings. The Labute approximate surface area is 200 Å². The lowest BCUT2D eigenvalue weighted by atomic mass is 10.1. The first-order valence-corrected chi connectivity index (χ1v) is 10.8. The summed E-state index contributed by atoms with van der Waals surface area (Å²) in [5.74, 6) is 0.757. The molecule has 1 aromatic heterocycles. The molecule has 3 aromatic carbocycles. The molecule has 0 unspecified atom stereocenters. The summed E-state index contributed by atoms with van der Waals surface area (Å²) in [5.41, 5.74) is 2.76. The fourth-order valence-corrected chi connectivity index (χ4v) is 3.73. The monoisotopic (exact) mass is 481 g/mol. The maximum atomic E-state index is 13.5. The Bertz CT molecular complexity index is 1390. The number of nitriles is 1. The van der Waals surface area contributed by atoms with E-state index in [1.807, 2.05) is 25.1 Å². The largest absolute Gasteiger partial charge is 0.490 e. The van der Waals surface area contributed by atoms with Crippen LogP contribution in [0.1, 0.15) is 23.9 Å². The van der Waals surface area contributed by atoms with E-state index in [1.165, 1.54) is 12.1 Å². The second kappa shape index (κ2) is 9.95. The van der Waals surface area contributed by atoms with Crippen LogP contribution < -0.4 is 9.47 Å². The van der Waals surface area contributed by atoms with Gasteiger partial charge in [-0.1, -0.05) is 41.4 Å². The highest BCUT2D eigenvalue weighted by Crippen LogP contribution is 2.38. The van der Waals surface area contributed by atoms with E-state index in [1.54, 1.807) is 30.3 Å². The number of rotatable bonds is 7. The van der Waals surface area contributed by atoms with Gasteiger partial charge in [-0.2, -0.15) is 5.26 Å². The van der Waals surface area contributed by atoms with E-state index < -0.39 is 0 Å². The molecule has 0 radical (unpaired) electrons. The number of ether oxygens (including phenoxy) is 2. The van der Waals surface area contributed by atoms with E-state index in [4.69, 9.17) is 32.7 Å². The molecule has 4 aromatic rings. The van der Waals surface area contributed by atoms with E-state index in [2.05, 4.69) is 16.0 Å². The number of H-pyrrole nitrogens is 1. The summed E-state index contributed by atoms with van der Waals surface area (Å²) in [7, 11) is 0. The van der Waals surface area contributed by atoms with Crippen molar-refractivity contribution in [2.24, 2.45) is 0 Å². The normalized spacial score (nSPS) is 11.4. The molecule has 0 aliphatic carbocycles. The highest BCUT2D eigenvalue weighted by Gasteiger charge is 2.15. The molecule has 0 spiro atoms. The molecule has 0 bridgehead atoms. The average Bonchev–Trinajstić information content (AvgIpc) is 3.21. The van der Waals surface area contributed by atoms with E-state index in [0.717, 1.165) is 5.56 Å². The molecule has 1 heterocycles. The smallest absolute Gasteiger partial charge is 0.180 e. The molecular weight excluding hydrogens is 464 g/mol. The van der Waals surface area contributed by atoms with Gasteiger partial charge < -0.3 is 14.5 Å². The zero-order valence-corrected chi connectivity index (χ0v) is 19.0. The number of fused-ring (bicyclic) bond motifs is 1. The number of nitrogens with one attached hydrogen (secondary N) is 1. The molecular formula is C25H18Cl2FN3O2. The Balaban J connectivity index is 1.67. The maximum absolute atomic E-state index is 13.5. The highest BCUT2D eigenvalue weighted by atomic mass is 35.5. The molecule has 0 amide bonds. The van der Waals surface area contributed by atoms with Crippen molar-refractivity contribution >= 4 is 45.9 Å². The Kier molecular flexibility index (Phi) is 6.83. The molecule has 0 saturated carbocycles. The number of halogens is 3. The van der Waals surface area contributed by atoms with Crippen molar-refractivity contribution in [2.45, 2.75) is 13.5 Å². The van der Waals surface area contributed by atoms with Gasteiger partial charge in [-0.3, -0.25) is 0 Å². The van der Waals surface area contributed by atoms with Gasteiger partial charge in [-0.05, 0) is 55.0 Å². The summed E-state index contributed by atoms with van der Waals surface area (Å²) in [6, 6.07) is 17.1. The molecule has 0 atom stereocenters. The number of allylic oxidation sites excluding steroid dienone is 1. The van der Waals surface area contributed by atoms with E-state index in [0.29, 0.717) is 50.6 Å². The van der Waals surface area contributed by atoms with E-state index in [-0.39, 0.29) is 18.0 Å². The number of hydrogen-bond acceptors (Lipinski definition) is 4. The fraction of sp³-hybridized carbons (Fsp3) is 0.120. The molecule has 1 N–H and O–H groups in total. The summed E-state index contributed by atoms with van der Waals surface area (Å²) in [4.78, 5) is 7.35. The van der Waals surface area contributed by atoms with Crippen LogP contribution in [0.15, 0.2) is 54.6 Å². The topological polar surface area (TPSA) is 70.9 Å². The molecule has 33 heavy (non-hydrogen) atoms. The van der Waals surface area contributed by atoms with Crippen molar-refractivity contribution in [3.05, 3.63) is 87.4 Å². The maximum Gasteiger partial charge on any atom is 0.180 e. The molecule has 8 heteroatoms. The Hall–Kier alpha value is -3.53. The lowest BCUT2D eigenvalue weighted by molar-refractivity contribution is 0.269. The van der Waals surface area contributed by atoms with Gasteiger partial charge in [-0.25, -0.2) is 9.37 Å². The van der Waals surface area contributed by atoms with Gasteiger partial charge in [0.2, 0.25) is 0 Å². The molecule has 5 nitrogen and oxygen atoms in total. The second-order valence-electron chi connectivity index (χ2n) is 7.06. The third kappa shape index (κ3) is 5.11. The quantitative estimate of drug-likeness (QED) is 0.287. The van der Waals surface area contributed by atoms with Crippen LogP contribution in [0.3, 0.4) is 0 Å². The first-order chi connectivity index (χ1) is 16.0. The summed E-state index contributed by atoms with van der Waals surface area (Å²) in [6.45, 7) is 2.46. The first kappa shape index (κ1) is 22.7. The summed E-state index contributed by atoms with van der Waals surface area (Å²) in [5, 5.41) is 10.6. The van der Waals surface area contributed by atoms with Crippen LogP contribution in [0.25, 0.3) is 22.7 Å². The van der Waals surface area contributed by atoms with Crippen molar-refractivity contribution in [1.29, 1.82) is 5.26 Å². The summed E-state index contributed by atoms with van der Waals surface area (Å²) in [6.07, 6.45) is 1.63. The lowest BCUT2D eigenvalue weighted by Crippen LogP contribution is -2.01. The van der Waals surface area contributed by atoms with Crippen LogP contribution in [0, 0.1) is 17.1 Å². The van der Waals surface area contributed by atoms with Gasteiger partial charge >= 0.3 is 0 Å². The van der Waals surface area contributed by atoms with E-state index >= 15 is 0 Å². The minimum atomic E-state index is -0.388. The number of nitrogens with zero attached hydrogens (tertiary/aromatic N) is 2. The predicted octanol–water partition coefficient (Wildman–Crippen LogP) is 7.05. The molecule has 166 valence electrons. The average molecular weight is 482 g/mol. The van der Waals surface area contributed by atoms with Gasteiger partial charge in [0.25, 0.3) is 0 Å². The van der Waals surface area contributed by atoms with Crippen LogP contribution in [0.2, 0.25) is 10.0 Å². The number of benzene rings is 3. The van der Waals surface area contributed by atoms with Crippen LogP contribution in [0.4, 0.5) is 4.39 Å². The summed E-state index contributed by atoms with van der Waals surface area (Å²) < 4.78 is 25.2. The Morgan fingerprint density at radius 3 is 2.70 bits per heavy atom. The van der Waals surface area contributed by atoms with Gasteiger partial charge in [-0.15, -0.1) is 0 Å². The number of aromatic nitrogens is 2. The molecule has 0 aliphatic heterocycles. The minimum Gasteiger partial charge on any atom is -0.490 e. The lowest BCUT2D eigenvalue weighted by Gasteiger charge is -2.15. The standard InChI is InChI=1S/C25H18Cl2FN3O2/c1-2-32-23-11-15(10-20(27)24(23)33-14-16-5-3-4-6-19(16)26)9-17(13-29)25-30-21-8-7-18(28)12-22(21)31-25/h3-12H,2,14H2,1H3,(H,30,31)/b17-9-. The minimum absolute atomic E-state index is 0.216. The summed E-state index contributed by atoms with van der Waals surface area (Å²) >= 11 is 12.7. The van der Waals surface area contributed by atoms with Crippen molar-refractivity contribution in [1.82, 2.24) is 9.97 Å². The van der Waals surface area contributed by atoms with Crippen molar-refractivity contribution in [2.75, 3.05) is 6.61 Å². The van der Waals surface area contributed by atoms with Gasteiger partial charge in [0, 0.05) is 10.6 Å². The van der Waals surface area contributed by atoms with Gasteiger partial charge in [0.15, 0.2) is 11.5 Å². The number of hydrogen-bond donors (Lipinski definition) is 1. The Morgan fingerprint density at radius 1 is 1.12 bits per heavy atom. The fourth-order valence-electron chi connectivity index (χ4n) is 3.27. The van der Waals surface area contributed by atoms with Crippen LogP contribution in [-0.2, 0) is 6.61 Å². The first-order valence-electron chi connectivity index (χ1n) is 10.1. The van der Waals surface area contributed by atoms with Crippen LogP contribution >= 0.6 is 23.2 Å². The zero-order chi connectivity index (χ0) is 23.4. The number of imidazole rings is 1. The molecule has 0 fully saturated rings. The SMILES string of the molecule is CCOc1cc(/C=C(/C#N)c2nc3ccc(F)cc3[nH]2)cc(Cl)c1OCc1ccccc1Cl. The third-order valence-corrected chi connectivity index (χ3v) is 5.44. The zero-order valence-electron chi connectivity index (χ0n) is 17.5. The van der Waals surface area contributed by atoms with Gasteiger partial charge in [0.1, 0.15) is 24.3 Å². The van der Waals surface area contributed by atoms with Crippen molar-refractivity contribution in [3.63, 3.8) is 0 Å². The predicted molar refractivity (Wildman–Crippen MR) is 128 cm³/mol. The molecule has 0 saturated heterocycles. The van der Waals surface area contributed by atoms with Crippen LogP contribution in [0.5, 0.6) is 11.5 Å². The van der Waals surface area contributed by atoms with E-state index in [9.17, 15) is 9.65 Å². The van der Waals surface area contributed by atoms with Crippen LogP contribution in [-0.4, -0.2) is 16.6 Å². The van der Waals surface area contributed by atoms with Crippen molar-refractivity contribution in [3.8, 4) is 17.6 Å². The molecule has 4 rings (SSSR count). The third-order valence-electron chi connectivity index (χ3n) is 4.79. The highest BCUT2D eigenvalue weighted by molar-refractivity contribution is 6.32.